The van der Waals surface area contributed by atoms with Crippen LogP contribution in [0.5, 0.6) is 5.75 Å². The van der Waals surface area contributed by atoms with Gasteiger partial charge in [0.15, 0.2) is 0 Å². The van der Waals surface area contributed by atoms with Gasteiger partial charge in [-0.3, -0.25) is 4.79 Å². The third-order valence-corrected chi connectivity index (χ3v) is 6.36. The zero-order valence-corrected chi connectivity index (χ0v) is 21.4. The molecular formula is C28H43NO5. The van der Waals surface area contributed by atoms with E-state index in [1.165, 1.54) is 97.5 Å². The Morgan fingerprint density at radius 2 is 1.41 bits per heavy atom. The van der Waals surface area contributed by atoms with Crippen LogP contribution in [0.2, 0.25) is 0 Å². The van der Waals surface area contributed by atoms with Gasteiger partial charge >= 0.3 is 6.16 Å². The zero-order chi connectivity index (χ0) is 24.6. The number of methoxy groups -OCH3 is 2. The van der Waals surface area contributed by atoms with Gasteiger partial charge in [0, 0.05) is 12.1 Å². The maximum Gasteiger partial charge on any atom is 0.513 e. The van der Waals surface area contributed by atoms with E-state index < -0.39 is 6.16 Å². The topological polar surface area (TPSA) is 65.1 Å². The Labute approximate surface area is 205 Å². The first-order chi connectivity index (χ1) is 16.6. The number of carbonyl (C=O) groups is 2. The summed E-state index contributed by atoms with van der Waals surface area (Å²) in [6, 6.07) is 5.17. The highest BCUT2D eigenvalue weighted by Crippen LogP contribution is 2.39. The van der Waals surface area contributed by atoms with E-state index in [-0.39, 0.29) is 5.91 Å². The number of nitrogens with zero attached hydrogens (tertiary/aromatic N) is 1. The first-order valence-corrected chi connectivity index (χ1v) is 13.1. The van der Waals surface area contributed by atoms with Crippen molar-refractivity contribution in [1.82, 2.24) is 0 Å². The summed E-state index contributed by atoms with van der Waals surface area (Å²) in [5.74, 6) is 0.250. The maximum absolute atomic E-state index is 13.0. The molecule has 0 radical (unpaired) electrons. The van der Waals surface area contributed by atoms with Gasteiger partial charge in [-0.1, -0.05) is 90.4 Å². The quantitative estimate of drug-likeness (QED) is 0.0764. The highest BCUT2D eigenvalue weighted by atomic mass is 16.7. The second kappa shape index (κ2) is 16.2. The zero-order valence-electron chi connectivity index (χ0n) is 21.4. The number of carbonyl (C=O) groups excluding carboxylic acids is 2. The Bertz CT molecular complexity index is 789. The lowest BCUT2D eigenvalue weighted by atomic mass is 10.0. The lowest BCUT2D eigenvalue weighted by Crippen LogP contribution is -2.27. The van der Waals surface area contributed by atoms with Crippen LogP contribution in [-0.4, -0.2) is 32.8 Å². The molecule has 1 aromatic carbocycles. The predicted octanol–water partition coefficient (Wildman–Crippen LogP) is 7.65. The molecule has 0 saturated heterocycles. The standard InChI is InChI=1S/C28H43NO5/c1-4-5-6-7-8-9-10-11-12-13-14-15-16-17-20-29-26-19-18-23(34-28(31)33-3)21-24(26)25(22-32-2)27(29)30/h18-19,21-22H,4-17,20H2,1-3H3. The first kappa shape index (κ1) is 27.7. The number of amides is 1. The average molecular weight is 474 g/mol. The molecule has 1 heterocycles. The minimum atomic E-state index is -0.791. The number of unbranched alkanes of at least 4 members (excludes halogenated alkanes) is 13. The predicted molar refractivity (Wildman–Crippen MR) is 137 cm³/mol. The van der Waals surface area contributed by atoms with E-state index in [2.05, 4.69) is 11.7 Å². The Morgan fingerprint density at radius 3 is 1.94 bits per heavy atom. The van der Waals surface area contributed by atoms with Gasteiger partial charge in [-0.15, -0.1) is 0 Å². The van der Waals surface area contributed by atoms with Gasteiger partial charge in [0.25, 0.3) is 5.91 Å². The van der Waals surface area contributed by atoms with Crippen molar-refractivity contribution in [1.29, 1.82) is 0 Å². The van der Waals surface area contributed by atoms with Crippen LogP contribution >= 0.6 is 0 Å². The fourth-order valence-corrected chi connectivity index (χ4v) is 4.46. The molecule has 1 aliphatic rings. The molecule has 0 atom stereocenters. The highest BCUT2D eigenvalue weighted by molar-refractivity contribution is 6.32. The number of benzene rings is 1. The molecule has 2 rings (SSSR count). The van der Waals surface area contributed by atoms with E-state index in [1.54, 1.807) is 17.0 Å². The fourth-order valence-electron chi connectivity index (χ4n) is 4.46. The van der Waals surface area contributed by atoms with Gasteiger partial charge in [-0.25, -0.2) is 4.79 Å². The van der Waals surface area contributed by atoms with Crippen LogP contribution in [0, 0.1) is 0 Å². The summed E-state index contributed by atoms with van der Waals surface area (Å²) in [5, 5.41) is 0. The number of fused-ring (bicyclic) bond motifs is 1. The molecule has 0 unspecified atom stereocenters. The number of rotatable bonds is 17. The lowest BCUT2D eigenvalue weighted by molar-refractivity contribution is -0.113. The molecule has 1 aromatic rings. The molecule has 0 aliphatic carbocycles. The van der Waals surface area contributed by atoms with Gasteiger partial charge in [0.2, 0.25) is 0 Å². The molecule has 6 heteroatoms. The largest absolute Gasteiger partial charge is 0.513 e. The summed E-state index contributed by atoms with van der Waals surface area (Å²) in [4.78, 5) is 26.2. The van der Waals surface area contributed by atoms with Crippen LogP contribution in [0.3, 0.4) is 0 Å². The van der Waals surface area contributed by atoms with Crippen LogP contribution in [0.1, 0.15) is 102 Å². The SMILES string of the molecule is CCCCCCCCCCCCCCCCN1C(=O)C(=COC)c2cc(OC(=O)OC)ccc21. The summed E-state index contributed by atoms with van der Waals surface area (Å²) in [7, 11) is 2.78. The second-order valence-corrected chi connectivity index (χ2v) is 9.06. The molecule has 0 fully saturated rings. The van der Waals surface area contributed by atoms with Gasteiger partial charge < -0.3 is 19.1 Å². The van der Waals surface area contributed by atoms with E-state index in [1.807, 2.05) is 6.07 Å². The van der Waals surface area contributed by atoms with Crippen molar-refractivity contribution in [3.63, 3.8) is 0 Å². The molecule has 0 spiro atoms. The summed E-state index contributed by atoms with van der Waals surface area (Å²) in [6.45, 7) is 2.93. The Kier molecular flexibility index (Phi) is 13.2. The van der Waals surface area contributed by atoms with E-state index in [0.717, 1.165) is 18.5 Å². The summed E-state index contributed by atoms with van der Waals surface area (Å²) >= 11 is 0. The average Bonchev–Trinajstić information content (AvgIpc) is 3.09. The molecule has 0 saturated carbocycles. The maximum atomic E-state index is 13.0. The van der Waals surface area contributed by atoms with E-state index in [9.17, 15) is 9.59 Å². The first-order valence-electron chi connectivity index (χ1n) is 13.1. The van der Waals surface area contributed by atoms with Crippen molar-refractivity contribution < 1.29 is 23.8 Å². The summed E-state index contributed by atoms with van der Waals surface area (Å²) < 4.78 is 14.8. The second-order valence-electron chi connectivity index (χ2n) is 9.06. The van der Waals surface area contributed by atoms with Crippen molar-refractivity contribution in [2.45, 2.75) is 96.8 Å². The summed E-state index contributed by atoms with van der Waals surface area (Å²) in [6.07, 6.45) is 18.9. The smallest absolute Gasteiger partial charge is 0.504 e. The van der Waals surface area contributed by atoms with Crippen molar-refractivity contribution in [2.24, 2.45) is 0 Å². The van der Waals surface area contributed by atoms with Crippen molar-refractivity contribution in [2.75, 3.05) is 25.7 Å². The van der Waals surface area contributed by atoms with Crippen LogP contribution < -0.4 is 9.64 Å². The highest BCUT2D eigenvalue weighted by Gasteiger charge is 2.33. The minimum Gasteiger partial charge on any atom is -0.504 e. The van der Waals surface area contributed by atoms with Crippen molar-refractivity contribution in [3.8, 4) is 5.75 Å². The van der Waals surface area contributed by atoms with Gasteiger partial charge in [-0.05, 0) is 24.6 Å². The van der Waals surface area contributed by atoms with Crippen LogP contribution in [0.15, 0.2) is 24.5 Å². The molecule has 34 heavy (non-hydrogen) atoms. The van der Waals surface area contributed by atoms with Crippen LogP contribution in [0.4, 0.5) is 10.5 Å². The third kappa shape index (κ3) is 9.03. The molecule has 0 bridgehead atoms. The van der Waals surface area contributed by atoms with E-state index in [4.69, 9.17) is 9.47 Å². The van der Waals surface area contributed by atoms with E-state index in [0.29, 0.717) is 23.4 Å². The minimum absolute atomic E-state index is 0.0817. The molecule has 1 amide bonds. The molecule has 1 aliphatic heterocycles. The molecular weight excluding hydrogens is 430 g/mol. The van der Waals surface area contributed by atoms with Gasteiger partial charge in [0.1, 0.15) is 5.75 Å². The Balaban J connectivity index is 1.68. The van der Waals surface area contributed by atoms with Gasteiger partial charge in [0.05, 0.1) is 31.7 Å². The normalized spacial score (nSPS) is 13.9. The Hall–Kier alpha value is -2.50. The van der Waals surface area contributed by atoms with E-state index >= 15 is 0 Å². The van der Waals surface area contributed by atoms with Crippen molar-refractivity contribution in [3.05, 3.63) is 30.0 Å². The molecule has 0 N–H and O–H groups in total. The van der Waals surface area contributed by atoms with Crippen molar-refractivity contribution >= 4 is 23.3 Å². The Morgan fingerprint density at radius 1 is 0.853 bits per heavy atom. The third-order valence-electron chi connectivity index (χ3n) is 6.36. The lowest BCUT2D eigenvalue weighted by Gasteiger charge is -2.17. The van der Waals surface area contributed by atoms with Gasteiger partial charge in [-0.2, -0.15) is 0 Å². The molecule has 6 nitrogen and oxygen atoms in total. The monoisotopic (exact) mass is 473 g/mol. The van der Waals surface area contributed by atoms with Crippen LogP contribution in [0.25, 0.3) is 5.57 Å². The summed E-state index contributed by atoms with van der Waals surface area (Å²) in [5.41, 5.74) is 2.00. The number of hydrogen-bond donors (Lipinski definition) is 0. The molecule has 190 valence electrons. The number of hydrogen-bond acceptors (Lipinski definition) is 5. The molecule has 0 aromatic heterocycles. The number of ether oxygens (including phenoxy) is 3. The number of anilines is 1. The fraction of sp³-hybridized carbons (Fsp3) is 0.643. The van der Waals surface area contributed by atoms with Crippen LogP contribution in [-0.2, 0) is 14.3 Å².